The maximum Gasteiger partial charge on any atom is 0.339 e. The summed E-state index contributed by atoms with van der Waals surface area (Å²) >= 11 is 0. The molecule has 7 heteroatoms. The summed E-state index contributed by atoms with van der Waals surface area (Å²) in [6, 6.07) is 0.00481. The summed E-state index contributed by atoms with van der Waals surface area (Å²) in [5, 5.41) is 22.8. The van der Waals surface area contributed by atoms with Crippen molar-refractivity contribution < 1.29 is 14.6 Å². The Morgan fingerprint density at radius 2 is 2.25 bits per heavy atom. The van der Waals surface area contributed by atoms with Crippen molar-refractivity contribution in [1.29, 1.82) is 5.26 Å². The maximum absolute atomic E-state index is 11.3. The van der Waals surface area contributed by atoms with Crippen molar-refractivity contribution in [1.82, 2.24) is 9.78 Å². The van der Waals surface area contributed by atoms with Gasteiger partial charge in [0.2, 0.25) is 0 Å². The van der Waals surface area contributed by atoms with Gasteiger partial charge >= 0.3 is 5.97 Å². The second kappa shape index (κ2) is 5.67. The number of nitrogens with zero attached hydrogens (tertiary/aromatic N) is 3. The Balaban J connectivity index is 0.000000704. The summed E-state index contributed by atoms with van der Waals surface area (Å²) in [4.78, 5) is 11.3. The number of aromatic carboxylic acids is 1. The van der Waals surface area contributed by atoms with Gasteiger partial charge in [-0.15, -0.1) is 0 Å². The van der Waals surface area contributed by atoms with Crippen LogP contribution in [0.4, 0.5) is 0 Å². The van der Waals surface area contributed by atoms with Gasteiger partial charge in [-0.2, -0.15) is 5.10 Å². The van der Waals surface area contributed by atoms with Gasteiger partial charge in [0, 0.05) is 24.1 Å². The van der Waals surface area contributed by atoms with Crippen molar-refractivity contribution in [3.8, 4) is 5.97 Å². The topological polar surface area (TPSA) is 88.1 Å². The molecule has 0 aliphatic carbocycles. The number of carboxylic acids is 1. The zero-order valence-electron chi connectivity index (χ0n) is 12.0. The molecule has 2 aliphatic heterocycles. The summed E-state index contributed by atoms with van der Waals surface area (Å²) in [7, 11) is 0. The van der Waals surface area contributed by atoms with E-state index in [1.54, 1.807) is 11.6 Å². The van der Waals surface area contributed by atoms with Crippen LogP contribution in [0.15, 0.2) is 0 Å². The van der Waals surface area contributed by atoms with E-state index in [9.17, 15) is 15.2 Å². The minimum Gasteiger partial charge on any atom is -0.478 e. The lowest BCUT2D eigenvalue weighted by Gasteiger charge is -2.27. The number of aryl methyl sites for hydroxylation is 1. The van der Waals surface area contributed by atoms with E-state index >= 15 is 0 Å². The molecule has 0 aromatic carbocycles. The molecule has 6 nitrogen and oxygen atoms in total. The number of aromatic nitrogens is 2. The number of hydrogen-bond acceptors (Lipinski definition) is 4. The first-order valence-electron chi connectivity index (χ1n) is 6.92. The van der Waals surface area contributed by atoms with Crippen molar-refractivity contribution in [2.75, 3.05) is 13.2 Å². The largest absolute Gasteiger partial charge is 0.478 e. The lowest BCUT2D eigenvalue weighted by Crippen LogP contribution is -2.37. The fraction of sp³-hybridized carbons (Fsp3) is 0.615. The maximum atomic E-state index is 11.3. The molecule has 106 valence electrons. The summed E-state index contributed by atoms with van der Waals surface area (Å²) in [5.41, 5.74) is 1.43. The van der Waals surface area contributed by atoms with Gasteiger partial charge in [0.1, 0.15) is 5.56 Å². The van der Waals surface area contributed by atoms with Gasteiger partial charge in [0.25, 0.3) is 6.71 Å². The van der Waals surface area contributed by atoms with Crippen molar-refractivity contribution in [2.45, 2.75) is 39.0 Å². The van der Waals surface area contributed by atoms with Crippen molar-refractivity contribution in [3.05, 3.63) is 17.0 Å². The van der Waals surface area contributed by atoms with Gasteiger partial charge in [-0.05, 0) is 13.2 Å². The molecule has 1 aromatic heterocycles. The van der Waals surface area contributed by atoms with Crippen LogP contribution in [0.1, 0.15) is 41.6 Å². The minimum atomic E-state index is -0.970. The molecule has 0 amide bonds. The molecule has 3 rings (SSSR count). The molecule has 0 bridgehead atoms. The van der Waals surface area contributed by atoms with Gasteiger partial charge in [0.05, 0.1) is 18.3 Å². The van der Waals surface area contributed by atoms with Gasteiger partial charge < -0.3 is 9.84 Å². The average molecular weight is 275 g/mol. The van der Waals surface area contributed by atoms with Crippen LogP contribution in [0.3, 0.4) is 0 Å². The highest BCUT2D eigenvalue weighted by Gasteiger charge is 2.45. The predicted molar refractivity (Wildman–Crippen MR) is 73.9 cm³/mol. The Bertz CT molecular complexity index is 564. The van der Waals surface area contributed by atoms with Crippen LogP contribution in [-0.2, 0) is 11.1 Å². The average Bonchev–Trinajstić information content (AvgIpc) is 3.02. The molecular weight excluding hydrogens is 257 g/mol. The zero-order chi connectivity index (χ0) is 14.9. The predicted octanol–water partition coefficient (Wildman–Crippen LogP) is 1.51. The van der Waals surface area contributed by atoms with Crippen LogP contribution in [0.5, 0.6) is 0 Å². The number of carbonyl (C=O) groups is 1. The Morgan fingerprint density at radius 3 is 2.85 bits per heavy atom. The van der Waals surface area contributed by atoms with E-state index in [1.807, 2.05) is 13.8 Å². The Labute approximate surface area is 118 Å². The number of carboxylic acid groups (broad SMARTS) is 1. The zero-order valence-corrected chi connectivity index (χ0v) is 12.0. The molecule has 20 heavy (non-hydrogen) atoms. The fourth-order valence-electron chi connectivity index (χ4n) is 3.04. The highest BCUT2D eigenvalue weighted by atomic mass is 16.5. The first-order valence-corrected chi connectivity index (χ1v) is 6.92. The summed E-state index contributed by atoms with van der Waals surface area (Å²) in [5.74, 6) is 1.44. The Morgan fingerprint density at radius 1 is 1.55 bits per heavy atom. The van der Waals surface area contributed by atoms with Gasteiger partial charge in [-0.25, -0.2) is 10.1 Å². The molecule has 3 heterocycles. The van der Waals surface area contributed by atoms with Gasteiger partial charge in [-0.1, -0.05) is 13.8 Å². The highest BCUT2D eigenvalue weighted by Crippen LogP contribution is 2.40. The number of rotatable bonds is 1. The van der Waals surface area contributed by atoms with Gasteiger partial charge in [0.15, 0.2) is 0 Å². The molecule has 2 aliphatic rings. The monoisotopic (exact) mass is 275 g/mol. The third-order valence-electron chi connectivity index (χ3n) is 3.90. The smallest absolute Gasteiger partial charge is 0.339 e. The molecule has 0 saturated carbocycles. The third-order valence-corrected chi connectivity index (χ3v) is 3.90. The van der Waals surface area contributed by atoms with Crippen molar-refractivity contribution in [3.63, 3.8) is 0 Å². The molecular formula is C13H18BN3O3. The van der Waals surface area contributed by atoms with E-state index in [0.29, 0.717) is 30.9 Å². The van der Waals surface area contributed by atoms with E-state index in [0.717, 1.165) is 0 Å². The van der Waals surface area contributed by atoms with E-state index in [2.05, 4.69) is 11.1 Å². The molecule has 1 fully saturated rings. The Hall–Kier alpha value is -1.81. The van der Waals surface area contributed by atoms with E-state index in [4.69, 9.17) is 4.74 Å². The van der Waals surface area contributed by atoms with Crippen molar-refractivity contribution >= 4 is 12.7 Å². The summed E-state index contributed by atoms with van der Waals surface area (Å²) in [6.45, 7) is 6.58. The number of ether oxygens (including phenoxy) is 1. The summed E-state index contributed by atoms with van der Waals surface area (Å²) < 4.78 is 7.20. The fourth-order valence-corrected chi connectivity index (χ4v) is 3.04. The van der Waals surface area contributed by atoms with Crippen LogP contribution in [0.2, 0.25) is 5.82 Å². The Kier molecular flexibility index (Phi) is 4.14. The molecule has 2 atom stereocenters. The van der Waals surface area contributed by atoms with Crippen LogP contribution in [0, 0.1) is 18.2 Å². The van der Waals surface area contributed by atoms with Crippen LogP contribution in [0.25, 0.3) is 0 Å². The molecule has 0 spiro atoms. The first kappa shape index (κ1) is 14.6. The third kappa shape index (κ3) is 2.10. The number of hydrogen-bond donors (Lipinski definition) is 1. The van der Waals surface area contributed by atoms with Crippen LogP contribution in [-0.4, -0.2) is 40.8 Å². The standard InChI is InChI=1S/C11H12BN3O3.C2H6/c1-6-10(11(16)17)8-2-12(5-13)7-3-18-4-9(7)15(8)14-6;1-2/h7,9H,2-4H2,1H3,(H,16,17);1-2H3. The van der Waals surface area contributed by atoms with Crippen molar-refractivity contribution in [2.24, 2.45) is 0 Å². The summed E-state index contributed by atoms with van der Waals surface area (Å²) in [6.07, 6.45) is 0.448. The normalized spacial score (nSPS) is 23.2. The molecule has 2 unspecified atom stereocenters. The number of nitriles is 1. The van der Waals surface area contributed by atoms with E-state index < -0.39 is 5.97 Å². The van der Waals surface area contributed by atoms with Gasteiger partial charge in [-0.3, -0.25) is 4.68 Å². The van der Waals surface area contributed by atoms with E-state index in [1.165, 1.54) is 0 Å². The molecule has 1 aromatic rings. The quantitative estimate of drug-likeness (QED) is 0.785. The lowest BCUT2D eigenvalue weighted by atomic mass is 9.37. The van der Waals surface area contributed by atoms with Crippen LogP contribution >= 0.6 is 0 Å². The molecule has 1 saturated heterocycles. The first-order chi connectivity index (χ1) is 9.63. The lowest BCUT2D eigenvalue weighted by molar-refractivity contribution is 0.0695. The second-order valence-corrected chi connectivity index (χ2v) is 4.87. The van der Waals surface area contributed by atoms with E-state index in [-0.39, 0.29) is 24.1 Å². The number of fused-ring (bicyclic) bond motifs is 3. The molecule has 0 radical (unpaired) electrons. The molecule has 1 N–H and O–H groups in total. The highest BCUT2D eigenvalue weighted by molar-refractivity contribution is 6.68. The SMILES string of the molecule is CC.Cc1nn2c(c1C(=O)O)CB(C#N)C1COCC12. The van der Waals surface area contributed by atoms with Crippen LogP contribution < -0.4 is 0 Å². The second-order valence-electron chi connectivity index (χ2n) is 4.87. The minimum absolute atomic E-state index is 0.00481.